The van der Waals surface area contributed by atoms with Crippen molar-refractivity contribution in [3.8, 4) is 0 Å². The number of carbonyl (C=O) groups excluding carboxylic acids is 2. The highest BCUT2D eigenvalue weighted by atomic mass is 32.3. The monoisotopic (exact) mass is 478 g/mol. The molecule has 1 aliphatic carbocycles. The maximum Gasteiger partial charge on any atom is 0.308 e. The van der Waals surface area contributed by atoms with Crippen LogP contribution in [0.25, 0.3) is 0 Å². The Labute approximate surface area is 188 Å². The first kappa shape index (κ1) is 24.1. The molecule has 2 aromatic rings. The van der Waals surface area contributed by atoms with Gasteiger partial charge in [0.05, 0.1) is 22.3 Å². The van der Waals surface area contributed by atoms with E-state index in [9.17, 15) is 26.4 Å². The molecule has 2 aromatic carbocycles. The molecule has 1 aliphatic rings. The van der Waals surface area contributed by atoms with Crippen molar-refractivity contribution in [3.05, 3.63) is 60.7 Å². The van der Waals surface area contributed by atoms with Crippen molar-refractivity contribution in [1.29, 1.82) is 0 Å². The molecule has 2 atom stereocenters. The SMILES string of the molecule is CCOC(=O)[C@@H]1CCC(=O)[C@@H](CC(S(=O)(=O)c2ccccc2)S(=O)(=O)c2ccccc2)C1. The van der Waals surface area contributed by atoms with Crippen LogP contribution in [0.15, 0.2) is 70.5 Å². The minimum absolute atomic E-state index is 0.0722. The number of ketones is 1. The summed E-state index contributed by atoms with van der Waals surface area (Å²) in [5, 5.41) is 0. The Morgan fingerprint density at radius 2 is 1.44 bits per heavy atom. The fraction of sp³-hybridized carbons (Fsp3) is 0.391. The normalized spacial score (nSPS) is 19.6. The van der Waals surface area contributed by atoms with Crippen molar-refractivity contribution < 1.29 is 31.2 Å². The highest BCUT2D eigenvalue weighted by Crippen LogP contribution is 2.36. The first-order chi connectivity index (χ1) is 15.2. The van der Waals surface area contributed by atoms with Crippen LogP contribution in [0.4, 0.5) is 0 Å². The van der Waals surface area contributed by atoms with E-state index in [-0.39, 0.29) is 35.0 Å². The molecule has 1 fully saturated rings. The zero-order valence-corrected chi connectivity index (χ0v) is 19.3. The van der Waals surface area contributed by atoms with Gasteiger partial charge in [-0.05, 0) is 50.5 Å². The molecule has 32 heavy (non-hydrogen) atoms. The standard InChI is InChI=1S/C23H26O7S2/c1-2-30-23(25)17-13-14-21(24)18(15-17)16-22(31(26,27)19-9-5-3-6-10-19)32(28,29)20-11-7-4-8-12-20/h3-12,17-18,22H,2,13-16H2,1H3/t17-,18-/m1/s1. The first-order valence-electron chi connectivity index (χ1n) is 10.4. The van der Waals surface area contributed by atoms with E-state index in [0.29, 0.717) is 6.42 Å². The number of ether oxygens (including phenoxy) is 1. The zero-order valence-electron chi connectivity index (χ0n) is 17.7. The molecule has 0 radical (unpaired) electrons. The molecule has 0 aliphatic heterocycles. The van der Waals surface area contributed by atoms with Gasteiger partial charge in [-0.15, -0.1) is 0 Å². The third-order valence-electron chi connectivity index (χ3n) is 5.70. The third-order valence-corrected chi connectivity index (χ3v) is 10.8. The van der Waals surface area contributed by atoms with Crippen LogP contribution in [0.1, 0.15) is 32.6 Å². The molecule has 0 bridgehead atoms. The van der Waals surface area contributed by atoms with Gasteiger partial charge in [-0.2, -0.15) is 0 Å². The van der Waals surface area contributed by atoms with Crippen molar-refractivity contribution in [2.45, 2.75) is 47.0 Å². The summed E-state index contributed by atoms with van der Waals surface area (Å²) in [5.74, 6) is -2.11. The third kappa shape index (κ3) is 5.10. The Kier molecular flexibility index (Phi) is 7.51. The van der Waals surface area contributed by atoms with Gasteiger partial charge < -0.3 is 4.74 Å². The number of hydrogen-bond acceptors (Lipinski definition) is 7. The summed E-state index contributed by atoms with van der Waals surface area (Å²) in [5.41, 5.74) is 0. The predicted molar refractivity (Wildman–Crippen MR) is 118 cm³/mol. The number of rotatable bonds is 8. The number of carbonyl (C=O) groups is 2. The summed E-state index contributed by atoms with van der Waals surface area (Å²) in [6, 6.07) is 14.7. The molecule has 0 heterocycles. The van der Waals surface area contributed by atoms with Crippen LogP contribution in [-0.4, -0.2) is 39.8 Å². The molecule has 7 nitrogen and oxygen atoms in total. The number of esters is 1. The fourth-order valence-electron chi connectivity index (χ4n) is 3.99. The molecule has 0 spiro atoms. The van der Waals surface area contributed by atoms with Crippen LogP contribution in [0.2, 0.25) is 0 Å². The van der Waals surface area contributed by atoms with Gasteiger partial charge in [0.25, 0.3) is 0 Å². The molecule has 0 aromatic heterocycles. The second-order valence-corrected chi connectivity index (χ2v) is 12.3. The van der Waals surface area contributed by atoms with E-state index >= 15 is 0 Å². The lowest BCUT2D eigenvalue weighted by Gasteiger charge is -2.29. The smallest absolute Gasteiger partial charge is 0.308 e. The van der Waals surface area contributed by atoms with Crippen LogP contribution in [0.5, 0.6) is 0 Å². The minimum Gasteiger partial charge on any atom is -0.466 e. The Balaban J connectivity index is 2.02. The zero-order chi connectivity index (χ0) is 23.4. The van der Waals surface area contributed by atoms with Crippen LogP contribution in [0, 0.1) is 11.8 Å². The van der Waals surface area contributed by atoms with Crippen LogP contribution >= 0.6 is 0 Å². The molecule has 0 saturated heterocycles. The molecule has 0 amide bonds. The van der Waals surface area contributed by atoms with E-state index in [1.54, 1.807) is 19.1 Å². The summed E-state index contributed by atoms with van der Waals surface area (Å²) < 4.78 is 57.1. The highest BCUT2D eigenvalue weighted by molar-refractivity contribution is 8.09. The lowest BCUT2D eigenvalue weighted by atomic mass is 9.79. The Morgan fingerprint density at radius 1 is 0.938 bits per heavy atom. The Bertz CT molecular complexity index is 1090. The molecule has 9 heteroatoms. The molecule has 0 unspecified atom stereocenters. The lowest BCUT2D eigenvalue weighted by molar-refractivity contribution is -0.150. The fourth-order valence-corrected chi connectivity index (χ4v) is 8.64. The second-order valence-electron chi connectivity index (χ2n) is 7.77. The van der Waals surface area contributed by atoms with E-state index in [1.807, 2.05) is 0 Å². The van der Waals surface area contributed by atoms with Crippen LogP contribution in [-0.2, 0) is 34.0 Å². The molecule has 172 valence electrons. The predicted octanol–water partition coefficient (Wildman–Crippen LogP) is 3.20. The van der Waals surface area contributed by atoms with Gasteiger partial charge in [0.15, 0.2) is 24.3 Å². The lowest BCUT2D eigenvalue weighted by Crippen LogP contribution is -2.38. The van der Waals surface area contributed by atoms with E-state index < -0.39 is 48.5 Å². The summed E-state index contributed by atoms with van der Waals surface area (Å²) in [6.45, 7) is 1.87. The topological polar surface area (TPSA) is 112 Å². The Morgan fingerprint density at radius 3 is 1.91 bits per heavy atom. The number of sulfone groups is 2. The number of benzene rings is 2. The minimum atomic E-state index is -4.33. The number of hydrogen-bond donors (Lipinski definition) is 0. The number of Topliss-reactive ketones (excluding diaryl/α,β-unsaturated/α-hetero) is 1. The van der Waals surface area contributed by atoms with Crippen LogP contribution in [0.3, 0.4) is 0 Å². The van der Waals surface area contributed by atoms with Crippen molar-refractivity contribution in [2.75, 3.05) is 6.61 Å². The summed E-state index contributed by atoms with van der Waals surface area (Å²) in [7, 11) is -8.67. The van der Waals surface area contributed by atoms with E-state index in [4.69, 9.17) is 4.74 Å². The van der Waals surface area contributed by atoms with Gasteiger partial charge in [-0.25, -0.2) is 16.8 Å². The van der Waals surface area contributed by atoms with Gasteiger partial charge in [-0.1, -0.05) is 36.4 Å². The highest BCUT2D eigenvalue weighted by Gasteiger charge is 2.44. The van der Waals surface area contributed by atoms with Gasteiger partial charge in [0, 0.05) is 12.3 Å². The van der Waals surface area contributed by atoms with E-state index in [2.05, 4.69) is 0 Å². The molecule has 1 saturated carbocycles. The average molecular weight is 479 g/mol. The van der Waals surface area contributed by atoms with Crippen molar-refractivity contribution in [2.24, 2.45) is 11.8 Å². The van der Waals surface area contributed by atoms with Gasteiger partial charge in [-0.3, -0.25) is 9.59 Å². The van der Waals surface area contributed by atoms with Gasteiger partial charge in [0.2, 0.25) is 0 Å². The van der Waals surface area contributed by atoms with Crippen molar-refractivity contribution in [1.82, 2.24) is 0 Å². The summed E-state index contributed by atoms with van der Waals surface area (Å²) >= 11 is 0. The molecular weight excluding hydrogens is 452 g/mol. The maximum absolute atomic E-state index is 13.5. The van der Waals surface area contributed by atoms with Crippen LogP contribution < -0.4 is 0 Å². The first-order valence-corrected chi connectivity index (χ1v) is 13.5. The largest absolute Gasteiger partial charge is 0.466 e. The summed E-state index contributed by atoms with van der Waals surface area (Å²) in [4.78, 5) is 24.6. The van der Waals surface area contributed by atoms with Crippen molar-refractivity contribution in [3.63, 3.8) is 0 Å². The molecule has 0 N–H and O–H groups in total. The van der Waals surface area contributed by atoms with Gasteiger partial charge >= 0.3 is 5.97 Å². The van der Waals surface area contributed by atoms with Gasteiger partial charge in [0.1, 0.15) is 5.78 Å². The quantitative estimate of drug-likeness (QED) is 0.536. The second kappa shape index (κ2) is 9.95. The van der Waals surface area contributed by atoms with E-state index in [1.165, 1.54) is 48.5 Å². The average Bonchev–Trinajstić information content (AvgIpc) is 2.79. The Hall–Kier alpha value is -2.52. The molecular formula is C23H26O7S2. The van der Waals surface area contributed by atoms with Crippen molar-refractivity contribution >= 4 is 31.4 Å². The van der Waals surface area contributed by atoms with E-state index in [0.717, 1.165) is 0 Å². The summed E-state index contributed by atoms with van der Waals surface area (Å²) in [6.07, 6.45) is 0.0549. The molecule has 3 rings (SSSR count). The maximum atomic E-state index is 13.5.